The van der Waals surface area contributed by atoms with Crippen LogP contribution in [0.2, 0.25) is 0 Å². The van der Waals surface area contributed by atoms with Gasteiger partial charge in [0.2, 0.25) is 0 Å². The number of para-hydroxylation sites is 1. The number of methoxy groups -OCH3 is 1. The third kappa shape index (κ3) is 7.48. The summed E-state index contributed by atoms with van der Waals surface area (Å²) in [6.45, 7) is 16.5. The van der Waals surface area contributed by atoms with Gasteiger partial charge in [-0.25, -0.2) is 4.79 Å². The number of aryl methyl sites for hydroxylation is 2. The van der Waals surface area contributed by atoms with Gasteiger partial charge in [0.05, 0.1) is 24.8 Å². The maximum absolute atomic E-state index is 12.9. The van der Waals surface area contributed by atoms with E-state index in [4.69, 9.17) is 14.2 Å². The molecule has 0 fully saturated rings. The molecule has 0 heterocycles. The van der Waals surface area contributed by atoms with Crippen molar-refractivity contribution in [2.75, 3.05) is 19.0 Å². The monoisotopic (exact) mass is 483 g/mol. The fourth-order valence-corrected chi connectivity index (χ4v) is 4.03. The SMILES string of the molecule is COC(=O)C(C)(C)CCCOc1cc(C)c(OC(=O)Nc2c(C(C)C)cccc2C(C)C)cc1C. The highest BCUT2D eigenvalue weighted by atomic mass is 16.6. The van der Waals surface area contributed by atoms with Gasteiger partial charge in [-0.3, -0.25) is 10.1 Å². The number of nitrogens with one attached hydrogen (secondary N) is 1. The van der Waals surface area contributed by atoms with Gasteiger partial charge in [0.25, 0.3) is 0 Å². The highest BCUT2D eigenvalue weighted by Crippen LogP contribution is 2.33. The number of anilines is 1. The smallest absolute Gasteiger partial charge is 0.417 e. The van der Waals surface area contributed by atoms with Gasteiger partial charge < -0.3 is 14.2 Å². The molecule has 35 heavy (non-hydrogen) atoms. The van der Waals surface area contributed by atoms with Crippen molar-refractivity contribution < 1.29 is 23.8 Å². The third-order valence-electron chi connectivity index (χ3n) is 6.22. The molecule has 0 spiro atoms. The van der Waals surface area contributed by atoms with E-state index in [9.17, 15) is 9.59 Å². The number of rotatable bonds is 10. The van der Waals surface area contributed by atoms with Gasteiger partial charge in [0.15, 0.2) is 0 Å². The molecule has 6 nitrogen and oxygen atoms in total. The largest absolute Gasteiger partial charge is 0.493 e. The Balaban J connectivity index is 2.08. The fourth-order valence-electron chi connectivity index (χ4n) is 4.03. The summed E-state index contributed by atoms with van der Waals surface area (Å²) >= 11 is 0. The Bertz CT molecular complexity index is 1010. The summed E-state index contributed by atoms with van der Waals surface area (Å²) in [5.41, 5.74) is 4.12. The first-order valence-corrected chi connectivity index (χ1v) is 12.3. The van der Waals surface area contributed by atoms with Gasteiger partial charge in [-0.1, -0.05) is 45.9 Å². The number of hydrogen-bond acceptors (Lipinski definition) is 5. The maximum Gasteiger partial charge on any atom is 0.417 e. The lowest BCUT2D eigenvalue weighted by molar-refractivity contribution is -0.151. The average molecular weight is 484 g/mol. The second kappa shape index (κ2) is 12.1. The molecule has 0 bridgehead atoms. The van der Waals surface area contributed by atoms with Crippen LogP contribution in [-0.2, 0) is 9.53 Å². The number of esters is 1. The van der Waals surface area contributed by atoms with E-state index in [1.807, 2.05) is 58.0 Å². The molecule has 0 unspecified atom stereocenters. The molecule has 0 saturated heterocycles. The van der Waals surface area contributed by atoms with Crippen LogP contribution in [0.5, 0.6) is 11.5 Å². The Labute approximate surface area is 210 Å². The lowest BCUT2D eigenvalue weighted by atomic mass is 9.88. The zero-order valence-electron chi connectivity index (χ0n) is 22.7. The summed E-state index contributed by atoms with van der Waals surface area (Å²) in [6, 6.07) is 9.81. The average Bonchev–Trinajstić information content (AvgIpc) is 2.78. The molecule has 0 aliphatic rings. The van der Waals surface area contributed by atoms with Crippen molar-refractivity contribution in [1.29, 1.82) is 0 Å². The van der Waals surface area contributed by atoms with E-state index in [1.54, 1.807) is 0 Å². The number of ether oxygens (including phenoxy) is 3. The fraction of sp³-hybridized carbons (Fsp3) is 0.517. The van der Waals surface area contributed by atoms with Crippen LogP contribution in [0.4, 0.5) is 10.5 Å². The summed E-state index contributed by atoms with van der Waals surface area (Å²) in [4.78, 5) is 24.7. The van der Waals surface area contributed by atoms with E-state index < -0.39 is 11.5 Å². The van der Waals surface area contributed by atoms with Gasteiger partial charge in [0.1, 0.15) is 11.5 Å². The molecule has 6 heteroatoms. The number of amides is 1. The van der Waals surface area contributed by atoms with Gasteiger partial charge in [-0.2, -0.15) is 0 Å². The first-order valence-electron chi connectivity index (χ1n) is 12.3. The first-order chi connectivity index (χ1) is 16.4. The molecule has 0 radical (unpaired) electrons. The Morgan fingerprint density at radius 2 is 1.49 bits per heavy atom. The van der Waals surface area contributed by atoms with E-state index in [0.29, 0.717) is 25.2 Å². The molecule has 2 rings (SSSR count). The summed E-state index contributed by atoms with van der Waals surface area (Å²) < 4.78 is 16.5. The molecule has 0 aliphatic heterocycles. The topological polar surface area (TPSA) is 73.9 Å². The summed E-state index contributed by atoms with van der Waals surface area (Å²) in [7, 11) is 1.41. The molecule has 0 atom stereocenters. The highest BCUT2D eigenvalue weighted by Gasteiger charge is 2.28. The number of carbonyl (C=O) groups excluding carboxylic acids is 2. The Morgan fingerprint density at radius 3 is 2.03 bits per heavy atom. The minimum Gasteiger partial charge on any atom is -0.493 e. The van der Waals surface area contributed by atoms with E-state index in [0.717, 1.165) is 33.7 Å². The van der Waals surface area contributed by atoms with Crippen LogP contribution in [0.1, 0.15) is 88.5 Å². The maximum atomic E-state index is 12.9. The molecular weight excluding hydrogens is 442 g/mol. The minimum absolute atomic E-state index is 0.221. The standard InChI is InChI=1S/C29H41NO5/c1-18(2)22-12-10-13-23(19(3)4)26(22)30-28(32)35-25-17-20(5)24(16-21(25)6)34-15-11-14-29(7,8)27(31)33-9/h10,12-13,16-19H,11,14-15H2,1-9H3,(H,30,32). The van der Waals surface area contributed by atoms with Crippen molar-refractivity contribution in [1.82, 2.24) is 0 Å². The molecule has 0 aliphatic carbocycles. The highest BCUT2D eigenvalue weighted by molar-refractivity contribution is 5.89. The second-order valence-corrected chi connectivity index (χ2v) is 10.3. The van der Waals surface area contributed by atoms with Crippen LogP contribution in [0.15, 0.2) is 30.3 Å². The molecular formula is C29H41NO5. The second-order valence-electron chi connectivity index (χ2n) is 10.3. The predicted octanol–water partition coefficient (Wildman–Crippen LogP) is 7.52. The Hall–Kier alpha value is -3.02. The molecule has 1 amide bonds. The normalized spacial score (nSPS) is 11.5. The van der Waals surface area contributed by atoms with Crippen LogP contribution in [0.3, 0.4) is 0 Å². The zero-order valence-corrected chi connectivity index (χ0v) is 22.7. The van der Waals surface area contributed by atoms with Crippen molar-refractivity contribution in [3.05, 3.63) is 52.6 Å². The van der Waals surface area contributed by atoms with Crippen LogP contribution >= 0.6 is 0 Å². The van der Waals surface area contributed by atoms with Crippen LogP contribution in [0, 0.1) is 19.3 Å². The summed E-state index contributed by atoms with van der Waals surface area (Å²) in [5.74, 6) is 1.54. The van der Waals surface area contributed by atoms with Gasteiger partial charge in [0, 0.05) is 0 Å². The molecule has 1 N–H and O–H groups in total. The lowest BCUT2D eigenvalue weighted by Gasteiger charge is -2.21. The quantitative estimate of drug-likeness (QED) is 0.279. The Kier molecular flexibility index (Phi) is 9.75. The van der Waals surface area contributed by atoms with Crippen molar-refractivity contribution >= 4 is 17.7 Å². The molecule has 0 aromatic heterocycles. The lowest BCUT2D eigenvalue weighted by Crippen LogP contribution is -2.26. The predicted molar refractivity (Wildman–Crippen MR) is 141 cm³/mol. The minimum atomic E-state index is -0.544. The van der Waals surface area contributed by atoms with Gasteiger partial charge in [-0.05, 0) is 86.8 Å². The molecule has 0 saturated carbocycles. The third-order valence-corrected chi connectivity index (χ3v) is 6.22. The van der Waals surface area contributed by atoms with Crippen molar-refractivity contribution in [2.24, 2.45) is 5.41 Å². The van der Waals surface area contributed by atoms with E-state index in [-0.39, 0.29) is 17.8 Å². The summed E-state index contributed by atoms with van der Waals surface area (Å²) in [5, 5.41) is 2.99. The van der Waals surface area contributed by atoms with E-state index >= 15 is 0 Å². The number of carbonyl (C=O) groups is 2. The van der Waals surface area contributed by atoms with Gasteiger partial charge >= 0.3 is 12.1 Å². The van der Waals surface area contributed by atoms with Crippen LogP contribution in [0.25, 0.3) is 0 Å². The summed E-state index contributed by atoms with van der Waals surface area (Å²) in [6.07, 6.45) is 0.866. The van der Waals surface area contributed by atoms with Gasteiger partial charge in [-0.15, -0.1) is 0 Å². The van der Waals surface area contributed by atoms with Crippen LogP contribution in [-0.4, -0.2) is 25.8 Å². The van der Waals surface area contributed by atoms with Crippen LogP contribution < -0.4 is 14.8 Å². The van der Waals surface area contributed by atoms with Crippen molar-refractivity contribution in [2.45, 2.75) is 80.1 Å². The number of hydrogen-bond donors (Lipinski definition) is 1. The number of benzene rings is 2. The van der Waals surface area contributed by atoms with E-state index in [1.165, 1.54) is 7.11 Å². The van der Waals surface area contributed by atoms with Crippen molar-refractivity contribution in [3.8, 4) is 11.5 Å². The molecule has 2 aromatic carbocycles. The molecule has 192 valence electrons. The Morgan fingerprint density at radius 1 is 0.943 bits per heavy atom. The van der Waals surface area contributed by atoms with Crippen molar-refractivity contribution in [3.63, 3.8) is 0 Å². The van der Waals surface area contributed by atoms with E-state index in [2.05, 4.69) is 33.0 Å². The zero-order chi connectivity index (χ0) is 26.3. The molecule has 2 aromatic rings. The first kappa shape index (κ1) is 28.2.